The molecule has 0 unspecified atom stereocenters. The standard InChI is InChI=1S/C22H23NO6/c1-25-16-6-7-19-21(11-16)28-18(14-27-19)13-23-9-2-10-26-17-5-3-15-4-8-22(24)29-20(15)12-17/h3-8,11-12,18,23H,2,9-10,13-14H2,1H3/t18-/m0/s1. The first-order valence-corrected chi connectivity index (χ1v) is 9.56. The molecule has 1 N–H and O–H groups in total. The molecule has 0 bridgehead atoms. The quantitative estimate of drug-likeness (QED) is 0.462. The zero-order valence-corrected chi connectivity index (χ0v) is 16.2. The maximum atomic E-state index is 11.3. The van der Waals surface area contributed by atoms with E-state index in [0.717, 1.165) is 29.9 Å². The summed E-state index contributed by atoms with van der Waals surface area (Å²) >= 11 is 0. The van der Waals surface area contributed by atoms with Gasteiger partial charge in [0.1, 0.15) is 29.8 Å². The molecule has 29 heavy (non-hydrogen) atoms. The Morgan fingerprint density at radius 1 is 1.07 bits per heavy atom. The summed E-state index contributed by atoms with van der Waals surface area (Å²) in [5.41, 5.74) is 0.160. The van der Waals surface area contributed by atoms with Crippen molar-refractivity contribution in [3.8, 4) is 23.0 Å². The average molecular weight is 397 g/mol. The minimum Gasteiger partial charge on any atom is -0.497 e. The highest BCUT2D eigenvalue weighted by Gasteiger charge is 2.21. The number of rotatable bonds is 8. The van der Waals surface area contributed by atoms with E-state index in [1.54, 1.807) is 19.2 Å². The first-order valence-electron chi connectivity index (χ1n) is 9.56. The summed E-state index contributed by atoms with van der Waals surface area (Å²) in [6.07, 6.45) is 0.772. The lowest BCUT2D eigenvalue weighted by Gasteiger charge is -2.27. The van der Waals surface area contributed by atoms with E-state index in [1.165, 1.54) is 6.07 Å². The fraction of sp³-hybridized carbons (Fsp3) is 0.318. The highest BCUT2D eigenvalue weighted by molar-refractivity contribution is 5.77. The number of benzene rings is 2. The summed E-state index contributed by atoms with van der Waals surface area (Å²) in [4.78, 5) is 11.3. The first kappa shape index (κ1) is 19.1. The average Bonchev–Trinajstić information content (AvgIpc) is 2.75. The van der Waals surface area contributed by atoms with Crippen molar-refractivity contribution in [2.45, 2.75) is 12.5 Å². The fourth-order valence-corrected chi connectivity index (χ4v) is 3.10. The molecule has 1 aliphatic heterocycles. The van der Waals surface area contributed by atoms with Gasteiger partial charge in [0.15, 0.2) is 11.5 Å². The minimum absolute atomic E-state index is 0.0566. The predicted octanol–water partition coefficient (Wildman–Crippen LogP) is 3.00. The van der Waals surface area contributed by atoms with Crippen LogP contribution >= 0.6 is 0 Å². The second-order valence-corrected chi connectivity index (χ2v) is 6.72. The topological polar surface area (TPSA) is 79.2 Å². The van der Waals surface area contributed by atoms with Gasteiger partial charge in [-0.15, -0.1) is 0 Å². The molecule has 4 rings (SSSR count). The van der Waals surface area contributed by atoms with Crippen LogP contribution in [0.25, 0.3) is 11.0 Å². The van der Waals surface area contributed by atoms with Gasteiger partial charge in [0.25, 0.3) is 0 Å². The molecule has 0 saturated carbocycles. The highest BCUT2D eigenvalue weighted by Crippen LogP contribution is 2.34. The van der Waals surface area contributed by atoms with Gasteiger partial charge in [-0.05, 0) is 43.3 Å². The Morgan fingerprint density at radius 3 is 2.83 bits per heavy atom. The van der Waals surface area contributed by atoms with Crippen LogP contribution in [0.2, 0.25) is 0 Å². The summed E-state index contributed by atoms with van der Waals surface area (Å²) in [5.74, 6) is 2.86. The van der Waals surface area contributed by atoms with E-state index in [0.29, 0.717) is 36.8 Å². The lowest BCUT2D eigenvalue weighted by Crippen LogP contribution is -2.39. The van der Waals surface area contributed by atoms with Crippen LogP contribution in [0.15, 0.2) is 57.7 Å². The zero-order chi connectivity index (χ0) is 20.1. The lowest BCUT2D eigenvalue weighted by atomic mass is 10.2. The van der Waals surface area contributed by atoms with Gasteiger partial charge in [-0.1, -0.05) is 0 Å². The van der Waals surface area contributed by atoms with Crippen molar-refractivity contribution in [1.29, 1.82) is 0 Å². The number of nitrogens with one attached hydrogen (secondary N) is 1. The summed E-state index contributed by atoms with van der Waals surface area (Å²) in [6.45, 7) is 2.52. The number of ether oxygens (including phenoxy) is 4. The number of fused-ring (bicyclic) bond motifs is 2. The number of hydrogen-bond donors (Lipinski definition) is 1. The molecule has 0 spiro atoms. The molecule has 3 aromatic rings. The normalized spacial score (nSPS) is 15.3. The Bertz CT molecular complexity index is 1030. The number of methoxy groups -OCH3 is 1. The van der Waals surface area contributed by atoms with Gasteiger partial charge >= 0.3 is 5.63 Å². The van der Waals surface area contributed by atoms with E-state index >= 15 is 0 Å². The monoisotopic (exact) mass is 397 g/mol. The van der Waals surface area contributed by atoms with Crippen LogP contribution in [0.3, 0.4) is 0 Å². The molecule has 1 aliphatic rings. The molecule has 1 aromatic heterocycles. The Kier molecular flexibility index (Phi) is 5.86. The molecule has 0 fully saturated rings. The molecular weight excluding hydrogens is 374 g/mol. The Labute approximate surface area is 168 Å². The Hall–Kier alpha value is -3.19. The van der Waals surface area contributed by atoms with E-state index in [4.69, 9.17) is 23.4 Å². The van der Waals surface area contributed by atoms with Crippen LogP contribution in [0.1, 0.15) is 6.42 Å². The molecule has 2 aromatic carbocycles. The maximum absolute atomic E-state index is 11.3. The van der Waals surface area contributed by atoms with E-state index in [2.05, 4.69) is 5.32 Å². The van der Waals surface area contributed by atoms with Gasteiger partial charge in [-0.25, -0.2) is 4.79 Å². The third-order valence-electron chi connectivity index (χ3n) is 4.60. The van der Waals surface area contributed by atoms with Crippen LogP contribution in [-0.4, -0.2) is 39.5 Å². The van der Waals surface area contributed by atoms with E-state index in [9.17, 15) is 4.79 Å². The maximum Gasteiger partial charge on any atom is 0.336 e. The molecule has 0 aliphatic carbocycles. The van der Waals surface area contributed by atoms with Crippen molar-refractivity contribution >= 4 is 11.0 Å². The van der Waals surface area contributed by atoms with Crippen LogP contribution < -0.4 is 29.9 Å². The second-order valence-electron chi connectivity index (χ2n) is 6.72. The van der Waals surface area contributed by atoms with Crippen LogP contribution in [0, 0.1) is 0 Å². The fourth-order valence-electron chi connectivity index (χ4n) is 3.10. The molecule has 0 saturated heterocycles. The summed E-state index contributed by atoms with van der Waals surface area (Å²) < 4.78 is 27.8. The van der Waals surface area contributed by atoms with Gasteiger partial charge < -0.3 is 28.7 Å². The van der Waals surface area contributed by atoms with Crippen molar-refractivity contribution in [3.05, 3.63) is 59.0 Å². The van der Waals surface area contributed by atoms with Crippen LogP contribution in [-0.2, 0) is 0 Å². The van der Waals surface area contributed by atoms with E-state index in [-0.39, 0.29) is 11.7 Å². The van der Waals surface area contributed by atoms with Crippen molar-refractivity contribution < 1.29 is 23.4 Å². The SMILES string of the molecule is COc1ccc2c(c1)O[C@@H](CNCCCOc1ccc3ccc(=O)oc3c1)CO2. The van der Waals surface area contributed by atoms with Crippen LogP contribution in [0.4, 0.5) is 0 Å². The van der Waals surface area contributed by atoms with Gasteiger partial charge in [0.05, 0.1) is 13.7 Å². The molecular formula is C22H23NO6. The zero-order valence-electron chi connectivity index (χ0n) is 16.2. The van der Waals surface area contributed by atoms with Gasteiger partial charge in [0.2, 0.25) is 0 Å². The molecule has 7 nitrogen and oxygen atoms in total. The lowest BCUT2D eigenvalue weighted by molar-refractivity contribution is 0.0898. The van der Waals surface area contributed by atoms with Crippen LogP contribution in [0.5, 0.6) is 23.0 Å². The summed E-state index contributed by atoms with van der Waals surface area (Å²) in [5, 5.41) is 4.23. The molecule has 152 valence electrons. The molecule has 1 atom stereocenters. The summed E-state index contributed by atoms with van der Waals surface area (Å²) in [7, 11) is 1.63. The highest BCUT2D eigenvalue weighted by atomic mass is 16.6. The van der Waals surface area contributed by atoms with E-state index < -0.39 is 0 Å². The third-order valence-corrected chi connectivity index (χ3v) is 4.60. The predicted molar refractivity (Wildman–Crippen MR) is 108 cm³/mol. The van der Waals surface area contributed by atoms with Crippen molar-refractivity contribution in [1.82, 2.24) is 5.32 Å². The Morgan fingerprint density at radius 2 is 1.93 bits per heavy atom. The smallest absolute Gasteiger partial charge is 0.336 e. The molecule has 2 heterocycles. The van der Waals surface area contributed by atoms with E-state index in [1.807, 2.05) is 30.3 Å². The number of hydrogen-bond acceptors (Lipinski definition) is 7. The van der Waals surface area contributed by atoms with Crippen molar-refractivity contribution in [2.24, 2.45) is 0 Å². The largest absolute Gasteiger partial charge is 0.497 e. The van der Waals surface area contributed by atoms with Crippen molar-refractivity contribution in [3.63, 3.8) is 0 Å². The van der Waals surface area contributed by atoms with Gasteiger partial charge in [-0.2, -0.15) is 0 Å². The van der Waals surface area contributed by atoms with Gasteiger partial charge in [0, 0.05) is 30.1 Å². The molecule has 0 radical (unpaired) electrons. The van der Waals surface area contributed by atoms with Gasteiger partial charge in [-0.3, -0.25) is 0 Å². The molecule has 0 amide bonds. The minimum atomic E-state index is -0.367. The Balaban J connectivity index is 1.18. The van der Waals surface area contributed by atoms with Crippen molar-refractivity contribution in [2.75, 3.05) is 33.4 Å². The molecule has 7 heteroatoms. The summed E-state index contributed by atoms with van der Waals surface area (Å²) in [6, 6.07) is 14.2. The third kappa shape index (κ3) is 4.81. The second kappa shape index (κ2) is 8.87. The first-order chi connectivity index (χ1) is 14.2.